The van der Waals surface area contributed by atoms with Gasteiger partial charge in [-0.25, -0.2) is 9.38 Å². The number of guanidine groups is 1. The average Bonchev–Trinajstić information content (AvgIpc) is 3.32. The van der Waals surface area contributed by atoms with Crippen LogP contribution in [0, 0.1) is 5.82 Å². The van der Waals surface area contributed by atoms with E-state index in [1.165, 1.54) is 25.0 Å². The largest absolute Gasteiger partial charge is 0.505 e. The molecule has 2 aliphatic rings. The Hall–Kier alpha value is -1.82. The number of aromatic hydroxyl groups is 1. The lowest BCUT2D eigenvalue weighted by Gasteiger charge is -2.20. The maximum Gasteiger partial charge on any atom is 0.191 e. The van der Waals surface area contributed by atoms with E-state index < -0.39 is 5.82 Å². The molecule has 0 radical (unpaired) electrons. The summed E-state index contributed by atoms with van der Waals surface area (Å²) < 4.78 is 13.4. The second-order valence-corrected chi connectivity index (χ2v) is 6.83. The highest BCUT2D eigenvalue weighted by Crippen LogP contribution is 2.33. The summed E-state index contributed by atoms with van der Waals surface area (Å²) in [5.41, 5.74) is 0.738. The molecule has 1 aromatic rings. The number of hydrogen-bond donors (Lipinski definition) is 3. The summed E-state index contributed by atoms with van der Waals surface area (Å²) in [5.74, 6) is -0.168. The van der Waals surface area contributed by atoms with Crippen molar-refractivity contribution >= 4 is 5.96 Å². The molecular formula is C18H27FN4O. The van der Waals surface area contributed by atoms with E-state index in [0.717, 1.165) is 37.1 Å². The third-order valence-corrected chi connectivity index (χ3v) is 4.76. The van der Waals surface area contributed by atoms with Gasteiger partial charge < -0.3 is 15.7 Å². The number of rotatable bonds is 5. The van der Waals surface area contributed by atoms with Crippen LogP contribution < -0.4 is 10.6 Å². The quantitative estimate of drug-likeness (QED) is 0.571. The first-order valence-electron chi connectivity index (χ1n) is 8.84. The van der Waals surface area contributed by atoms with Gasteiger partial charge in [-0.1, -0.05) is 6.07 Å². The highest BCUT2D eigenvalue weighted by Gasteiger charge is 2.38. The van der Waals surface area contributed by atoms with Crippen molar-refractivity contribution in [3.05, 3.63) is 29.6 Å². The SMILES string of the molecule is CCNC(=NCc1ccc(O)c(F)c1)NC1CC(C)N(C2CC2)C1. The highest BCUT2D eigenvalue weighted by atomic mass is 19.1. The van der Waals surface area contributed by atoms with Crippen LogP contribution >= 0.6 is 0 Å². The molecule has 1 aliphatic heterocycles. The average molecular weight is 334 g/mol. The molecule has 1 saturated carbocycles. The maximum atomic E-state index is 13.4. The number of phenols is 1. The molecule has 24 heavy (non-hydrogen) atoms. The number of likely N-dealkylation sites (tertiary alicyclic amines) is 1. The van der Waals surface area contributed by atoms with Crippen LogP contribution in [0.2, 0.25) is 0 Å². The fourth-order valence-corrected chi connectivity index (χ4v) is 3.41. The van der Waals surface area contributed by atoms with E-state index in [0.29, 0.717) is 18.6 Å². The van der Waals surface area contributed by atoms with Gasteiger partial charge in [0.05, 0.1) is 6.54 Å². The summed E-state index contributed by atoms with van der Waals surface area (Å²) in [7, 11) is 0. The van der Waals surface area contributed by atoms with Crippen molar-refractivity contribution in [2.45, 2.75) is 57.8 Å². The molecule has 0 amide bonds. The summed E-state index contributed by atoms with van der Waals surface area (Å²) in [6, 6.07) is 6.19. The summed E-state index contributed by atoms with van der Waals surface area (Å²) >= 11 is 0. The van der Waals surface area contributed by atoms with Crippen LogP contribution in [0.3, 0.4) is 0 Å². The number of halogens is 1. The third-order valence-electron chi connectivity index (χ3n) is 4.76. The van der Waals surface area contributed by atoms with Crippen molar-refractivity contribution in [3.8, 4) is 5.75 Å². The van der Waals surface area contributed by atoms with Crippen molar-refractivity contribution in [1.29, 1.82) is 0 Å². The molecule has 1 heterocycles. The minimum Gasteiger partial charge on any atom is -0.505 e. The van der Waals surface area contributed by atoms with Gasteiger partial charge in [0.1, 0.15) is 0 Å². The van der Waals surface area contributed by atoms with Crippen molar-refractivity contribution in [2.75, 3.05) is 13.1 Å². The number of nitrogens with one attached hydrogen (secondary N) is 2. The van der Waals surface area contributed by atoms with Crippen LogP contribution in [0.4, 0.5) is 4.39 Å². The van der Waals surface area contributed by atoms with E-state index in [9.17, 15) is 9.50 Å². The summed E-state index contributed by atoms with van der Waals surface area (Å²) in [4.78, 5) is 7.15. The molecule has 1 aromatic carbocycles. The molecule has 0 spiro atoms. The van der Waals surface area contributed by atoms with Crippen LogP contribution in [0.15, 0.2) is 23.2 Å². The zero-order valence-corrected chi connectivity index (χ0v) is 14.4. The molecule has 6 heteroatoms. The van der Waals surface area contributed by atoms with E-state index in [2.05, 4.69) is 27.4 Å². The lowest BCUT2D eigenvalue weighted by molar-refractivity contribution is 0.256. The van der Waals surface area contributed by atoms with E-state index in [1.807, 2.05) is 6.92 Å². The van der Waals surface area contributed by atoms with Crippen molar-refractivity contribution in [3.63, 3.8) is 0 Å². The summed E-state index contributed by atoms with van der Waals surface area (Å²) in [5, 5.41) is 16.0. The fourth-order valence-electron chi connectivity index (χ4n) is 3.41. The summed E-state index contributed by atoms with van der Waals surface area (Å²) in [6.45, 7) is 6.55. The minimum atomic E-state index is -0.606. The van der Waals surface area contributed by atoms with E-state index in [-0.39, 0.29) is 5.75 Å². The Balaban J connectivity index is 1.60. The van der Waals surface area contributed by atoms with Gasteiger partial charge in [0.25, 0.3) is 0 Å². The fraction of sp³-hybridized carbons (Fsp3) is 0.611. The van der Waals surface area contributed by atoms with E-state index in [1.54, 1.807) is 6.07 Å². The molecule has 132 valence electrons. The number of hydrogen-bond acceptors (Lipinski definition) is 3. The van der Waals surface area contributed by atoms with Gasteiger partial charge in [-0.05, 0) is 50.8 Å². The molecule has 2 unspecified atom stereocenters. The zero-order valence-electron chi connectivity index (χ0n) is 14.4. The molecule has 1 saturated heterocycles. The molecule has 0 bridgehead atoms. The first kappa shape index (κ1) is 17.0. The van der Waals surface area contributed by atoms with Crippen molar-refractivity contribution < 1.29 is 9.50 Å². The van der Waals surface area contributed by atoms with Gasteiger partial charge in [-0.2, -0.15) is 0 Å². The first-order valence-corrected chi connectivity index (χ1v) is 8.84. The third kappa shape index (κ3) is 4.17. The Kier molecular flexibility index (Phi) is 5.23. The predicted molar refractivity (Wildman–Crippen MR) is 93.6 cm³/mol. The second kappa shape index (κ2) is 7.38. The van der Waals surface area contributed by atoms with Gasteiger partial charge in [0.2, 0.25) is 0 Å². The van der Waals surface area contributed by atoms with E-state index >= 15 is 0 Å². The lowest BCUT2D eigenvalue weighted by Crippen LogP contribution is -2.44. The van der Waals surface area contributed by atoms with Crippen LogP contribution in [-0.2, 0) is 6.54 Å². The molecule has 1 aliphatic carbocycles. The monoisotopic (exact) mass is 334 g/mol. The van der Waals surface area contributed by atoms with Crippen LogP contribution in [0.5, 0.6) is 5.75 Å². The molecule has 3 rings (SSSR count). The zero-order chi connectivity index (χ0) is 17.1. The highest BCUT2D eigenvalue weighted by molar-refractivity contribution is 5.80. The Morgan fingerprint density at radius 1 is 1.42 bits per heavy atom. The number of nitrogens with zero attached hydrogens (tertiary/aromatic N) is 2. The Bertz CT molecular complexity index is 603. The Morgan fingerprint density at radius 3 is 2.88 bits per heavy atom. The molecule has 5 nitrogen and oxygen atoms in total. The predicted octanol–water partition coefficient (Wildman–Crippen LogP) is 2.21. The van der Waals surface area contributed by atoms with E-state index in [4.69, 9.17) is 0 Å². The minimum absolute atomic E-state index is 0.326. The standard InChI is InChI=1S/C18H27FN4O/c1-3-20-18(21-10-13-4-7-17(24)16(19)9-13)22-14-8-12(2)23(11-14)15-5-6-15/h4,7,9,12,14-15,24H,3,5-6,8,10-11H2,1-2H3,(H2,20,21,22). The smallest absolute Gasteiger partial charge is 0.191 e. The van der Waals surface area contributed by atoms with Gasteiger partial charge in [0, 0.05) is 31.2 Å². The molecule has 2 fully saturated rings. The molecule has 2 atom stereocenters. The van der Waals surface area contributed by atoms with Gasteiger partial charge in [-0.15, -0.1) is 0 Å². The van der Waals surface area contributed by atoms with Crippen LogP contribution in [0.1, 0.15) is 38.7 Å². The topological polar surface area (TPSA) is 59.9 Å². The number of phenolic OH excluding ortho intramolecular Hbond substituents is 1. The van der Waals surface area contributed by atoms with Crippen LogP contribution in [-0.4, -0.2) is 47.2 Å². The van der Waals surface area contributed by atoms with Crippen LogP contribution in [0.25, 0.3) is 0 Å². The molecular weight excluding hydrogens is 307 g/mol. The van der Waals surface area contributed by atoms with Gasteiger partial charge >= 0.3 is 0 Å². The lowest BCUT2D eigenvalue weighted by atomic mass is 10.2. The Morgan fingerprint density at radius 2 is 2.21 bits per heavy atom. The molecule has 0 aromatic heterocycles. The first-order chi connectivity index (χ1) is 11.6. The van der Waals surface area contributed by atoms with Gasteiger partial charge in [-0.3, -0.25) is 4.90 Å². The Labute approximate surface area is 143 Å². The number of benzene rings is 1. The maximum absolute atomic E-state index is 13.4. The molecule has 3 N–H and O–H groups in total. The van der Waals surface area contributed by atoms with Crippen molar-refractivity contribution in [1.82, 2.24) is 15.5 Å². The second-order valence-electron chi connectivity index (χ2n) is 6.83. The summed E-state index contributed by atoms with van der Waals surface area (Å²) in [6.07, 6.45) is 3.78. The van der Waals surface area contributed by atoms with Gasteiger partial charge in [0.15, 0.2) is 17.5 Å². The number of aliphatic imine (C=N–C) groups is 1. The normalized spacial score (nSPS) is 25.0. The van der Waals surface area contributed by atoms with Crippen molar-refractivity contribution in [2.24, 2.45) is 4.99 Å².